The van der Waals surface area contributed by atoms with Gasteiger partial charge in [0.2, 0.25) is 0 Å². The predicted molar refractivity (Wildman–Crippen MR) is 81.3 cm³/mol. The first-order valence-corrected chi connectivity index (χ1v) is 7.06. The fraction of sp³-hybridized carbons (Fsp3) is 0.357. The number of rotatable bonds is 6. The molecule has 1 aromatic carbocycles. The van der Waals surface area contributed by atoms with Crippen molar-refractivity contribution in [1.82, 2.24) is 15.1 Å². The Kier molecular flexibility index (Phi) is 4.93. The highest BCUT2D eigenvalue weighted by Crippen LogP contribution is 2.20. The zero-order valence-electron chi connectivity index (χ0n) is 12.0. The highest BCUT2D eigenvalue weighted by molar-refractivity contribution is 6.31. The molecule has 0 aliphatic heterocycles. The van der Waals surface area contributed by atoms with Gasteiger partial charge < -0.3 is 5.32 Å². The highest BCUT2D eigenvalue weighted by atomic mass is 35.5. The number of halogens is 1. The van der Waals surface area contributed by atoms with Crippen molar-refractivity contribution < 1.29 is 4.92 Å². The van der Waals surface area contributed by atoms with Crippen molar-refractivity contribution >= 4 is 17.3 Å². The van der Waals surface area contributed by atoms with E-state index in [0.717, 1.165) is 23.5 Å². The molecule has 112 valence electrons. The van der Waals surface area contributed by atoms with Crippen LogP contribution in [-0.4, -0.2) is 14.7 Å². The van der Waals surface area contributed by atoms with E-state index in [4.69, 9.17) is 11.6 Å². The Bertz CT molecular complexity index is 637. The molecule has 2 rings (SSSR count). The Balaban J connectivity index is 1.97. The van der Waals surface area contributed by atoms with Crippen LogP contribution in [0, 0.1) is 17.0 Å². The molecule has 0 saturated carbocycles. The van der Waals surface area contributed by atoms with Crippen molar-refractivity contribution in [2.45, 2.75) is 33.5 Å². The predicted octanol–water partition coefficient (Wildman–Crippen LogP) is 3.06. The summed E-state index contributed by atoms with van der Waals surface area (Å²) in [6.45, 7) is 5.88. The third-order valence-corrected chi connectivity index (χ3v) is 3.71. The van der Waals surface area contributed by atoms with Gasteiger partial charge in [-0.25, -0.2) is 0 Å². The standard InChI is InChI=1S/C14H17ClN4O2/c1-3-18-13(14(15)10(2)17-18)9-16-8-11-4-6-12(7-5-11)19(20)21/h4-7,16H,3,8-9H2,1-2H3. The van der Waals surface area contributed by atoms with Crippen LogP contribution < -0.4 is 5.32 Å². The van der Waals surface area contributed by atoms with Crippen LogP contribution >= 0.6 is 11.6 Å². The lowest BCUT2D eigenvalue weighted by Gasteiger charge is -2.07. The number of hydrogen-bond donors (Lipinski definition) is 1. The number of benzene rings is 1. The van der Waals surface area contributed by atoms with Crippen LogP contribution in [0.3, 0.4) is 0 Å². The van der Waals surface area contributed by atoms with Crippen LogP contribution in [0.25, 0.3) is 0 Å². The second-order valence-electron chi connectivity index (χ2n) is 4.69. The molecular formula is C14H17ClN4O2. The Hall–Kier alpha value is -1.92. The summed E-state index contributed by atoms with van der Waals surface area (Å²) in [5.74, 6) is 0. The number of hydrogen-bond acceptors (Lipinski definition) is 4. The lowest BCUT2D eigenvalue weighted by molar-refractivity contribution is -0.384. The van der Waals surface area contributed by atoms with E-state index >= 15 is 0 Å². The van der Waals surface area contributed by atoms with E-state index in [1.807, 2.05) is 18.5 Å². The van der Waals surface area contributed by atoms with Crippen LogP contribution in [0.5, 0.6) is 0 Å². The zero-order valence-corrected chi connectivity index (χ0v) is 12.7. The molecule has 7 heteroatoms. The van der Waals surface area contributed by atoms with Crippen molar-refractivity contribution in [1.29, 1.82) is 0 Å². The summed E-state index contributed by atoms with van der Waals surface area (Å²) in [6, 6.07) is 6.50. The van der Waals surface area contributed by atoms with E-state index in [-0.39, 0.29) is 5.69 Å². The van der Waals surface area contributed by atoms with Gasteiger partial charge in [0, 0.05) is 31.8 Å². The lowest BCUT2D eigenvalue weighted by atomic mass is 10.2. The molecule has 0 radical (unpaired) electrons. The molecule has 1 N–H and O–H groups in total. The summed E-state index contributed by atoms with van der Waals surface area (Å²) in [7, 11) is 0. The number of nitrogens with zero attached hydrogens (tertiary/aromatic N) is 3. The smallest absolute Gasteiger partial charge is 0.269 e. The molecule has 2 aromatic rings. The molecule has 0 fully saturated rings. The molecular weight excluding hydrogens is 292 g/mol. The zero-order chi connectivity index (χ0) is 15.4. The average molecular weight is 309 g/mol. The van der Waals surface area contributed by atoms with Crippen LogP contribution in [0.4, 0.5) is 5.69 Å². The van der Waals surface area contributed by atoms with Gasteiger partial charge in [-0.05, 0) is 19.4 Å². The largest absolute Gasteiger partial charge is 0.307 e. The molecule has 1 aromatic heterocycles. The van der Waals surface area contributed by atoms with Crippen LogP contribution in [0.15, 0.2) is 24.3 Å². The first-order chi connectivity index (χ1) is 10.0. The fourth-order valence-corrected chi connectivity index (χ4v) is 2.30. The van der Waals surface area contributed by atoms with E-state index in [1.54, 1.807) is 12.1 Å². The first-order valence-electron chi connectivity index (χ1n) is 6.68. The van der Waals surface area contributed by atoms with E-state index in [0.29, 0.717) is 18.1 Å². The Morgan fingerprint density at radius 1 is 1.33 bits per heavy atom. The minimum atomic E-state index is -0.403. The van der Waals surface area contributed by atoms with Gasteiger partial charge in [0.1, 0.15) is 0 Å². The average Bonchev–Trinajstić information content (AvgIpc) is 2.75. The van der Waals surface area contributed by atoms with Crippen LogP contribution in [-0.2, 0) is 19.6 Å². The fourth-order valence-electron chi connectivity index (χ4n) is 2.10. The molecule has 1 heterocycles. The van der Waals surface area contributed by atoms with Crippen molar-refractivity contribution in [3.63, 3.8) is 0 Å². The second-order valence-corrected chi connectivity index (χ2v) is 5.07. The quantitative estimate of drug-likeness (QED) is 0.657. The van der Waals surface area contributed by atoms with E-state index in [9.17, 15) is 10.1 Å². The molecule has 0 amide bonds. The van der Waals surface area contributed by atoms with E-state index in [2.05, 4.69) is 10.4 Å². The SMILES string of the molecule is CCn1nc(C)c(Cl)c1CNCc1ccc([N+](=O)[O-])cc1. The minimum Gasteiger partial charge on any atom is -0.307 e. The second kappa shape index (κ2) is 6.69. The third kappa shape index (κ3) is 3.59. The monoisotopic (exact) mass is 308 g/mol. The number of non-ortho nitro benzene ring substituents is 1. The van der Waals surface area contributed by atoms with Crippen LogP contribution in [0.2, 0.25) is 5.02 Å². The molecule has 0 aliphatic rings. The molecule has 0 bridgehead atoms. The normalized spacial score (nSPS) is 10.8. The summed E-state index contributed by atoms with van der Waals surface area (Å²) in [4.78, 5) is 10.2. The Morgan fingerprint density at radius 3 is 2.57 bits per heavy atom. The Morgan fingerprint density at radius 2 is 2.00 bits per heavy atom. The molecule has 0 atom stereocenters. The number of nitro groups is 1. The topological polar surface area (TPSA) is 73.0 Å². The number of nitrogens with one attached hydrogen (secondary N) is 1. The molecule has 21 heavy (non-hydrogen) atoms. The van der Waals surface area contributed by atoms with Crippen molar-refractivity contribution in [3.8, 4) is 0 Å². The van der Waals surface area contributed by atoms with Gasteiger partial charge in [0.15, 0.2) is 0 Å². The first kappa shape index (κ1) is 15.5. The number of nitro benzene ring substituents is 1. The number of aryl methyl sites for hydroxylation is 2. The lowest BCUT2D eigenvalue weighted by Crippen LogP contribution is -2.16. The van der Waals surface area contributed by atoms with Crippen molar-refractivity contribution in [2.75, 3.05) is 0 Å². The molecule has 0 unspecified atom stereocenters. The van der Waals surface area contributed by atoms with Gasteiger partial charge in [-0.2, -0.15) is 5.10 Å². The summed E-state index contributed by atoms with van der Waals surface area (Å²) < 4.78 is 1.88. The van der Waals surface area contributed by atoms with Crippen molar-refractivity contribution in [2.24, 2.45) is 0 Å². The van der Waals surface area contributed by atoms with Gasteiger partial charge in [-0.15, -0.1) is 0 Å². The molecule has 0 spiro atoms. The minimum absolute atomic E-state index is 0.0986. The summed E-state index contributed by atoms with van der Waals surface area (Å²) in [5.41, 5.74) is 2.86. The Labute approximate surface area is 127 Å². The maximum atomic E-state index is 10.6. The van der Waals surface area contributed by atoms with Gasteiger partial charge in [-0.3, -0.25) is 14.8 Å². The third-order valence-electron chi connectivity index (χ3n) is 3.22. The van der Waals surface area contributed by atoms with Gasteiger partial charge in [-0.1, -0.05) is 23.7 Å². The molecule has 6 nitrogen and oxygen atoms in total. The van der Waals surface area contributed by atoms with Gasteiger partial charge in [0.25, 0.3) is 5.69 Å². The van der Waals surface area contributed by atoms with Gasteiger partial charge in [0.05, 0.1) is 21.3 Å². The van der Waals surface area contributed by atoms with Crippen molar-refractivity contribution in [3.05, 3.63) is 56.4 Å². The maximum absolute atomic E-state index is 10.6. The highest BCUT2D eigenvalue weighted by Gasteiger charge is 2.11. The van der Waals surface area contributed by atoms with Gasteiger partial charge >= 0.3 is 0 Å². The van der Waals surface area contributed by atoms with E-state index in [1.165, 1.54) is 12.1 Å². The summed E-state index contributed by atoms with van der Waals surface area (Å²) in [6.07, 6.45) is 0. The molecule has 0 saturated heterocycles. The van der Waals surface area contributed by atoms with Crippen LogP contribution in [0.1, 0.15) is 23.9 Å². The van der Waals surface area contributed by atoms with E-state index < -0.39 is 4.92 Å². The summed E-state index contributed by atoms with van der Waals surface area (Å²) in [5, 5.41) is 18.9. The number of aromatic nitrogens is 2. The summed E-state index contributed by atoms with van der Waals surface area (Å²) >= 11 is 6.23. The maximum Gasteiger partial charge on any atom is 0.269 e. The molecule has 0 aliphatic carbocycles.